The first-order valence-electron chi connectivity index (χ1n) is 9.78. The van der Waals surface area contributed by atoms with E-state index < -0.39 is 0 Å². The van der Waals surface area contributed by atoms with E-state index in [1.807, 2.05) is 24.3 Å². The molecule has 1 aromatic carbocycles. The van der Waals surface area contributed by atoms with Gasteiger partial charge in [0.2, 0.25) is 5.91 Å². The van der Waals surface area contributed by atoms with E-state index in [0.29, 0.717) is 31.2 Å². The number of amides is 2. The molecule has 0 bridgehead atoms. The fraction of sp³-hybridized carbons (Fsp3) is 0.550. The Morgan fingerprint density at radius 1 is 1.21 bits per heavy atom. The number of benzene rings is 1. The van der Waals surface area contributed by atoms with Crippen molar-refractivity contribution < 1.29 is 9.59 Å². The minimum absolute atomic E-state index is 0. The Hall–Kier alpha value is -1.84. The Balaban J connectivity index is 0.00000280. The van der Waals surface area contributed by atoms with Gasteiger partial charge in [-0.1, -0.05) is 31.4 Å². The number of carbonyl (C=O) groups is 2. The minimum Gasteiger partial charge on any atom is -0.354 e. The number of carbonyl (C=O) groups excluding carboxylic acids is 2. The smallest absolute Gasteiger partial charge is 0.254 e. The van der Waals surface area contributed by atoms with Crippen molar-refractivity contribution in [3.63, 3.8) is 0 Å². The molecule has 0 unspecified atom stereocenters. The fourth-order valence-corrected chi connectivity index (χ4v) is 3.58. The number of nitrogens with zero attached hydrogens (tertiary/aromatic N) is 2. The summed E-state index contributed by atoms with van der Waals surface area (Å²) in [5.41, 5.74) is 1.69. The predicted octanol–water partition coefficient (Wildman–Crippen LogP) is 1.87. The summed E-state index contributed by atoms with van der Waals surface area (Å²) in [6, 6.07) is 8.04. The lowest BCUT2D eigenvalue weighted by molar-refractivity contribution is -0.123. The van der Waals surface area contributed by atoms with Crippen molar-refractivity contribution in [3.05, 3.63) is 35.4 Å². The second kappa shape index (κ2) is 11.2. The molecular formula is C20H30IN5O2. The summed E-state index contributed by atoms with van der Waals surface area (Å²) in [7, 11) is 1.79. The second-order valence-electron chi connectivity index (χ2n) is 7.18. The number of aliphatic imine (C=N–C) groups is 1. The van der Waals surface area contributed by atoms with E-state index in [-0.39, 0.29) is 42.3 Å². The molecule has 2 amide bonds. The van der Waals surface area contributed by atoms with Crippen LogP contribution in [0.25, 0.3) is 0 Å². The van der Waals surface area contributed by atoms with Crippen LogP contribution in [0.5, 0.6) is 0 Å². The molecule has 0 radical (unpaired) electrons. The van der Waals surface area contributed by atoms with Gasteiger partial charge in [-0.15, -0.1) is 24.0 Å². The molecule has 1 aliphatic heterocycles. The molecule has 1 saturated heterocycles. The van der Waals surface area contributed by atoms with Crippen LogP contribution in [0.1, 0.15) is 48.0 Å². The molecule has 3 N–H and O–H groups in total. The fourth-order valence-electron chi connectivity index (χ4n) is 3.58. The summed E-state index contributed by atoms with van der Waals surface area (Å²) in [5.74, 6) is 0.618. The van der Waals surface area contributed by atoms with Gasteiger partial charge in [-0.3, -0.25) is 14.6 Å². The molecule has 7 nitrogen and oxygen atoms in total. The van der Waals surface area contributed by atoms with Crippen molar-refractivity contribution in [2.24, 2.45) is 4.99 Å². The maximum Gasteiger partial charge on any atom is 0.254 e. The Labute approximate surface area is 183 Å². The van der Waals surface area contributed by atoms with Crippen LogP contribution in [-0.4, -0.2) is 55.4 Å². The highest BCUT2D eigenvalue weighted by Gasteiger charge is 2.22. The lowest BCUT2D eigenvalue weighted by atomic mass is 9.96. The molecule has 1 aromatic rings. The second-order valence-corrected chi connectivity index (χ2v) is 7.18. The van der Waals surface area contributed by atoms with E-state index in [1.54, 1.807) is 11.9 Å². The maximum absolute atomic E-state index is 12.5. The summed E-state index contributed by atoms with van der Waals surface area (Å²) in [5, 5.41) is 9.57. The van der Waals surface area contributed by atoms with E-state index in [4.69, 9.17) is 0 Å². The molecule has 0 spiro atoms. The highest BCUT2D eigenvalue weighted by molar-refractivity contribution is 14.0. The summed E-state index contributed by atoms with van der Waals surface area (Å²) >= 11 is 0. The van der Waals surface area contributed by atoms with Crippen LogP contribution in [-0.2, 0) is 11.3 Å². The minimum atomic E-state index is -0.104. The Morgan fingerprint density at radius 2 is 1.93 bits per heavy atom. The number of halogens is 1. The van der Waals surface area contributed by atoms with E-state index in [0.717, 1.165) is 11.5 Å². The largest absolute Gasteiger partial charge is 0.354 e. The highest BCUT2D eigenvalue weighted by Crippen LogP contribution is 2.17. The van der Waals surface area contributed by atoms with Crippen LogP contribution in [0.3, 0.4) is 0 Å². The molecule has 1 saturated carbocycles. The topological polar surface area (TPSA) is 85.8 Å². The number of nitrogens with one attached hydrogen (secondary N) is 3. The van der Waals surface area contributed by atoms with Crippen LogP contribution >= 0.6 is 24.0 Å². The number of piperazine rings is 1. The van der Waals surface area contributed by atoms with Gasteiger partial charge in [0, 0.05) is 38.3 Å². The third kappa shape index (κ3) is 6.35. The van der Waals surface area contributed by atoms with E-state index in [1.165, 1.54) is 32.1 Å². The van der Waals surface area contributed by atoms with E-state index in [9.17, 15) is 9.59 Å². The zero-order valence-electron chi connectivity index (χ0n) is 16.4. The van der Waals surface area contributed by atoms with Gasteiger partial charge in [-0.2, -0.15) is 0 Å². The maximum atomic E-state index is 12.5. The van der Waals surface area contributed by atoms with Crippen LogP contribution in [0.2, 0.25) is 0 Å². The molecule has 8 heteroatoms. The Bertz CT molecular complexity index is 686. The molecule has 2 fully saturated rings. The average Bonchev–Trinajstić information content (AvgIpc) is 2.71. The monoisotopic (exact) mass is 499 g/mol. The molecule has 0 atom stereocenters. The van der Waals surface area contributed by atoms with Gasteiger partial charge in [-0.05, 0) is 30.5 Å². The Kier molecular flexibility index (Phi) is 9.01. The highest BCUT2D eigenvalue weighted by atomic mass is 127. The summed E-state index contributed by atoms with van der Waals surface area (Å²) in [6.07, 6.45) is 6.29. The van der Waals surface area contributed by atoms with Crippen molar-refractivity contribution in [1.29, 1.82) is 0 Å². The van der Waals surface area contributed by atoms with Gasteiger partial charge >= 0.3 is 0 Å². The molecule has 2 aliphatic rings. The summed E-state index contributed by atoms with van der Waals surface area (Å²) in [4.78, 5) is 29.8. The first kappa shape index (κ1) is 22.4. The number of guanidine groups is 1. The van der Waals surface area contributed by atoms with Gasteiger partial charge in [0.15, 0.2) is 5.96 Å². The quantitative estimate of drug-likeness (QED) is 0.336. The van der Waals surface area contributed by atoms with Gasteiger partial charge in [-0.25, -0.2) is 0 Å². The first-order valence-corrected chi connectivity index (χ1v) is 9.78. The van der Waals surface area contributed by atoms with Crippen molar-refractivity contribution in [2.45, 2.75) is 44.7 Å². The normalized spacial score (nSPS) is 18.1. The van der Waals surface area contributed by atoms with Gasteiger partial charge < -0.3 is 20.9 Å². The third-order valence-corrected chi connectivity index (χ3v) is 5.16. The summed E-state index contributed by atoms with van der Waals surface area (Å²) in [6.45, 7) is 1.84. The molecule has 0 aromatic heterocycles. The SMILES string of the molecule is CN=C(NCc1ccc(C(=O)N2CCNC(=O)C2)cc1)NC1CCCCC1.I. The number of hydrogen-bond acceptors (Lipinski definition) is 3. The van der Waals surface area contributed by atoms with E-state index in [2.05, 4.69) is 20.9 Å². The van der Waals surface area contributed by atoms with Gasteiger partial charge in [0.25, 0.3) is 5.91 Å². The number of rotatable bonds is 4. The molecule has 1 heterocycles. The van der Waals surface area contributed by atoms with Gasteiger partial charge in [0.05, 0.1) is 6.54 Å². The van der Waals surface area contributed by atoms with Crippen molar-refractivity contribution in [3.8, 4) is 0 Å². The zero-order valence-corrected chi connectivity index (χ0v) is 18.7. The van der Waals surface area contributed by atoms with Crippen molar-refractivity contribution >= 4 is 41.8 Å². The Morgan fingerprint density at radius 3 is 2.57 bits per heavy atom. The van der Waals surface area contributed by atoms with Crippen LogP contribution in [0.15, 0.2) is 29.3 Å². The molecule has 28 heavy (non-hydrogen) atoms. The molecular weight excluding hydrogens is 469 g/mol. The van der Waals surface area contributed by atoms with Gasteiger partial charge in [0.1, 0.15) is 0 Å². The molecule has 3 rings (SSSR count). The lowest BCUT2D eigenvalue weighted by Crippen LogP contribution is -2.49. The van der Waals surface area contributed by atoms with Crippen LogP contribution < -0.4 is 16.0 Å². The van der Waals surface area contributed by atoms with Crippen LogP contribution in [0.4, 0.5) is 0 Å². The molecule has 154 valence electrons. The van der Waals surface area contributed by atoms with Crippen molar-refractivity contribution in [2.75, 3.05) is 26.7 Å². The van der Waals surface area contributed by atoms with Crippen LogP contribution in [0, 0.1) is 0 Å². The van der Waals surface area contributed by atoms with E-state index >= 15 is 0 Å². The standard InChI is InChI=1S/C20H29N5O2.HI/c1-21-20(24-17-5-3-2-4-6-17)23-13-15-7-9-16(10-8-15)19(27)25-12-11-22-18(26)14-25;/h7-10,17H,2-6,11-14H2,1H3,(H,22,26)(H2,21,23,24);1H. The third-order valence-electron chi connectivity index (χ3n) is 5.16. The molecule has 1 aliphatic carbocycles. The average molecular weight is 499 g/mol. The zero-order chi connectivity index (χ0) is 19.1. The lowest BCUT2D eigenvalue weighted by Gasteiger charge is -2.26. The first-order chi connectivity index (χ1) is 13.2. The van der Waals surface area contributed by atoms with Crippen molar-refractivity contribution in [1.82, 2.24) is 20.9 Å². The number of hydrogen-bond donors (Lipinski definition) is 3. The predicted molar refractivity (Wildman–Crippen MR) is 121 cm³/mol. The summed E-state index contributed by atoms with van der Waals surface area (Å²) < 4.78 is 0.